The van der Waals surface area contributed by atoms with Crippen LogP contribution in [-0.2, 0) is 26.6 Å². The first-order chi connectivity index (χ1) is 12.6. The number of carbonyl (C=O) groups excluding carboxylic acids is 1. The SMILES string of the molecule is CN(Cc1ccccc1)Cc1cc(C(=O)NCCc2nncn2C)no1. The molecule has 2 aromatic heterocycles. The maximum atomic E-state index is 12.2. The van der Waals surface area contributed by atoms with E-state index in [1.54, 1.807) is 12.4 Å². The summed E-state index contributed by atoms with van der Waals surface area (Å²) in [6.45, 7) is 1.83. The van der Waals surface area contributed by atoms with Crippen molar-refractivity contribution in [1.29, 1.82) is 0 Å². The fourth-order valence-corrected chi connectivity index (χ4v) is 2.62. The summed E-state index contributed by atoms with van der Waals surface area (Å²) >= 11 is 0. The third kappa shape index (κ3) is 4.76. The number of hydrogen-bond donors (Lipinski definition) is 1. The maximum absolute atomic E-state index is 12.2. The Labute approximate surface area is 151 Å². The van der Waals surface area contributed by atoms with Gasteiger partial charge in [-0.05, 0) is 12.6 Å². The van der Waals surface area contributed by atoms with E-state index in [9.17, 15) is 4.79 Å². The van der Waals surface area contributed by atoms with Gasteiger partial charge < -0.3 is 14.4 Å². The molecule has 0 aliphatic rings. The summed E-state index contributed by atoms with van der Waals surface area (Å²) in [5, 5.41) is 14.5. The first-order valence-corrected chi connectivity index (χ1v) is 8.41. The number of aromatic nitrogens is 4. The van der Waals surface area contributed by atoms with Crippen LogP contribution in [0.3, 0.4) is 0 Å². The zero-order valence-electron chi connectivity index (χ0n) is 14.9. The molecule has 8 heteroatoms. The highest BCUT2D eigenvalue weighted by Gasteiger charge is 2.14. The standard InChI is InChI=1S/C18H22N6O2/c1-23(11-14-6-4-3-5-7-14)12-15-10-16(22-26-15)18(25)19-9-8-17-21-20-13-24(17)2/h3-7,10,13H,8-9,11-12H2,1-2H3,(H,19,25). The van der Waals surface area contributed by atoms with Crippen molar-refractivity contribution in [2.75, 3.05) is 13.6 Å². The summed E-state index contributed by atoms with van der Waals surface area (Å²) in [5.41, 5.74) is 1.50. The minimum Gasteiger partial charge on any atom is -0.359 e. The fraction of sp³-hybridized carbons (Fsp3) is 0.333. The normalized spacial score (nSPS) is 11.0. The molecule has 0 bridgehead atoms. The molecule has 0 unspecified atom stereocenters. The molecule has 0 radical (unpaired) electrons. The van der Waals surface area contributed by atoms with Crippen LogP contribution in [0, 0.1) is 0 Å². The average Bonchev–Trinajstić information content (AvgIpc) is 3.25. The van der Waals surface area contributed by atoms with Crippen LogP contribution < -0.4 is 5.32 Å². The molecule has 0 atom stereocenters. The molecule has 1 aromatic carbocycles. The van der Waals surface area contributed by atoms with E-state index in [0.717, 1.165) is 12.4 Å². The van der Waals surface area contributed by atoms with E-state index >= 15 is 0 Å². The zero-order valence-corrected chi connectivity index (χ0v) is 14.9. The van der Waals surface area contributed by atoms with E-state index in [-0.39, 0.29) is 11.6 Å². The van der Waals surface area contributed by atoms with Gasteiger partial charge in [0.1, 0.15) is 12.2 Å². The molecule has 3 aromatic rings. The predicted molar refractivity (Wildman–Crippen MR) is 95.2 cm³/mol. The van der Waals surface area contributed by atoms with Gasteiger partial charge in [-0.2, -0.15) is 0 Å². The maximum Gasteiger partial charge on any atom is 0.273 e. The first kappa shape index (κ1) is 17.8. The number of hydrogen-bond acceptors (Lipinski definition) is 6. The van der Waals surface area contributed by atoms with Gasteiger partial charge in [0.2, 0.25) is 0 Å². The smallest absolute Gasteiger partial charge is 0.273 e. The molecule has 3 rings (SSSR count). The molecule has 0 fully saturated rings. The van der Waals surface area contributed by atoms with Crippen LogP contribution in [0.15, 0.2) is 47.2 Å². The number of carbonyl (C=O) groups is 1. The van der Waals surface area contributed by atoms with Crippen molar-refractivity contribution in [2.24, 2.45) is 7.05 Å². The highest BCUT2D eigenvalue weighted by atomic mass is 16.5. The van der Waals surface area contributed by atoms with E-state index in [4.69, 9.17) is 4.52 Å². The van der Waals surface area contributed by atoms with Crippen LogP contribution >= 0.6 is 0 Å². The lowest BCUT2D eigenvalue weighted by molar-refractivity contribution is 0.0944. The van der Waals surface area contributed by atoms with Crippen molar-refractivity contribution in [3.05, 3.63) is 65.6 Å². The van der Waals surface area contributed by atoms with Crippen LogP contribution in [0.25, 0.3) is 0 Å². The second-order valence-corrected chi connectivity index (χ2v) is 6.20. The lowest BCUT2D eigenvalue weighted by atomic mass is 10.2. The second-order valence-electron chi connectivity index (χ2n) is 6.20. The Morgan fingerprint density at radius 2 is 2.08 bits per heavy atom. The Hall–Kier alpha value is -3.00. The molecule has 0 spiro atoms. The minimum atomic E-state index is -0.257. The van der Waals surface area contributed by atoms with Gasteiger partial charge in [0.15, 0.2) is 11.5 Å². The molecule has 0 aliphatic carbocycles. The highest BCUT2D eigenvalue weighted by Crippen LogP contribution is 2.09. The topological polar surface area (TPSA) is 89.1 Å². The summed E-state index contributed by atoms with van der Waals surface area (Å²) in [6, 6.07) is 11.9. The Morgan fingerprint density at radius 1 is 1.27 bits per heavy atom. The molecule has 0 saturated heterocycles. The summed E-state index contributed by atoms with van der Waals surface area (Å²) in [4.78, 5) is 14.3. The van der Waals surface area contributed by atoms with E-state index in [0.29, 0.717) is 25.3 Å². The van der Waals surface area contributed by atoms with Gasteiger partial charge >= 0.3 is 0 Å². The molecule has 2 heterocycles. The lowest BCUT2D eigenvalue weighted by Crippen LogP contribution is -2.26. The van der Waals surface area contributed by atoms with Crippen molar-refractivity contribution in [3.63, 3.8) is 0 Å². The van der Waals surface area contributed by atoms with Gasteiger partial charge in [-0.3, -0.25) is 9.69 Å². The Balaban J connectivity index is 1.47. The summed E-state index contributed by atoms with van der Waals surface area (Å²) in [5.74, 6) is 1.21. The highest BCUT2D eigenvalue weighted by molar-refractivity contribution is 5.92. The van der Waals surface area contributed by atoms with Crippen molar-refractivity contribution >= 4 is 5.91 Å². The molecule has 26 heavy (non-hydrogen) atoms. The Morgan fingerprint density at radius 3 is 2.81 bits per heavy atom. The monoisotopic (exact) mass is 354 g/mol. The van der Waals surface area contributed by atoms with Gasteiger partial charge in [-0.15, -0.1) is 10.2 Å². The largest absolute Gasteiger partial charge is 0.359 e. The second kappa shape index (κ2) is 8.39. The van der Waals surface area contributed by atoms with Crippen molar-refractivity contribution < 1.29 is 9.32 Å². The van der Waals surface area contributed by atoms with Crippen molar-refractivity contribution in [1.82, 2.24) is 30.1 Å². The summed E-state index contributed by atoms with van der Waals surface area (Å²) in [7, 11) is 3.86. The third-order valence-electron chi connectivity index (χ3n) is 3.95. The van der Waals surface area contributed by atoms with Gasteiger partial charge in [-0.1, -0.05) is 35.5 Å². The van der Waals surface area contributed by atoms with Crippen LogP contribution in [0.5, 0.6) is 0 Å². The number of rotatable bonds is 8. The lowest BCUT2D eigenvalue weighted by Gasteiger charge is -2.14. The Bertz CT molecular complexity index is 842. The van der Waals surface area contributed by atoms with Gasteiger partial charge in [0.05, 0.1) is 6.54 Å². The molecule has 136 valence electrons. The van der Waals surface area contributed by atoms with Crippen LogP contribution in [0.4, 0.5) is 0 Å². The summed E-state index contributed by atoms with van der Waals surface area (Å²) < 4.78 is 7.11. The molecule has 0 aliphatic heterocycles. The van der Waals surface area contributed by atoms with Crippen LogP contribution in [0.2, 0.25) is 0 Å². The van der Waals surface area contributed by atoms with E-state index in [2.05, 4.69) is 37.7 Å². The predicted octanol–water partition coefficient (Wildman–Crippen LogP) is 1.41. The average molecular weight is 354 g/mol. The van der Waals surface area contributed by atoms with Crippen LogP contribution in [0.1, 0.15) is 27.6 Å². The first-order valence-electron chi connectivity index (χ1n) is 8.41. The van der Waals surface area contributed by atoms with Crippen molar-refractivity contribution in [3.8, 4) is 0 Å². The summed E-state index contributed by atoms with van der Waals surface area (Å²) in [6.07, 6.45) is 2.24. The number of nitrogens with one attached hydrogen (secondary N) is 1. The number of nitrogens with zero attached hydrogens (tertiary/aromatic N) is 5. The molecular formula is C18H22N6O2. The van der Waals surface area contributed by atoms with Gasteiger partial charge in [-0.25, -0.2) is 0 Å². The molecule has 8 nitrogen and oxygen atoms in total. The molecule has 1 amide bonds. The Kier molecular flexibility index (Phi) is 5.75. The fourth-order valence-electron chi connectivity index (χ4n) is 2.62. The third-order valence-corrected chi connectivity index (χ3v) is 3.95. The van der Waals surface area contributed by atoms with Gasteiger partial charge in [0, 0.05) is 32.6 Å². The van der Waals surface area contributed by atoms with E-state index in [1.807, 2.05) is 36.9 Å². The van der Waals surface area contributed by atoms with E-state index < -0.39 is 0 Å². The zero-order chi connectivity index (χ0) is 18.4. The van der Waals surface area contributed by atoms with Crippen molar-refractivity contribution in [2.45, 2.75) is 19.5 Å². The van der Waals surface area contributed by atoms with Gasteiger partial charge in [0.25, 0.3) is 5.91 Å². The van der Waals surface area contributed by atoms with E-state index in [1.165, 1.54) is 5.56 Å². The number of benzene rings is 1. The quantitative estimate of drug-likeness (QED) is 0.658. The number of amides is 1. The van der Waals surface area contributed by atoms with Crippen LogP contribution in [-0.4, -0.2) is 44.3 Å². The molecule has 1 N–H and O–H groups in total. The molecule has 0 saturated carbocycles. The molecular weight excluding hydrogens is 332 g/mol. The minimum absolute atomic E-state index is 0.257. The number of aryl methyl sites for hydroxylation is 1.